The zero-order valence-electron chi connectivity index (χ0n) is 13.1. The second-order valence-electron chi connectivity index (χ2n) is 5.25. The summed E-state index contributed by atoms with van der Waals surface area (Å²) in [6, 6.07) is 13.1. The van der Waals surface area contributed by atoms with E-state index in [-0.39, 0.29) is 17.2 Å². The summed E-state index contributed by atoms with van der Waals surface area (Å²) in [5, 5.41) is 17.3. The molecule has 25 heavy (non-hydrogen) atoms. The third-order valence-corrected chi connectivity index (χ3v) is 3.45. The zero-order valence-corrected chi connectivity index (χ0v) is 13.1. The molecule has 0 bridgehead atoms. The molecule has 3 aromatic rings. The van der Waals surface area contributed by atoms with Crippen molar-refractivity contribution < 1.29 is 14.1 Å². The first-order valence-corrected chi connectivity index (χ1v) is 7.30. The first-order chi connectivity index (χ1) is 12.0. The third-order valence-electron chi connectivity index (χ3n) is 3.45. The molecule has 0 unspecified atom stereocenters. The number of nitro groups is 1. The van der Waals surface area contributed by atoms with E-state index in [2.05, 4.69) is 10.6 Å². The smallest absolute Gasteiger partial charge is 0.417 e. The topological polar surface area (TPSA) is 114 Å². The van der Waals surface area contributed by atoms with Gasteiger partial charge in [0.15, 0.2) is 0 Å². The second kappa shape index (κ2) is 6.44. The van der Waals surface area contributed by atoms with Crippen LogP contribution in [-0.4, -0.2) is 10.8 Å². The molecule has 0 atom stereocenters. The number of para-hydroxylation sites is 1. The molecule has 126 valence electrons. The number of carbonyl (C=O) groups excluding carboxylic acids is 1. The molecular weight excluding hydrogens is 326 g/mol. The Bertz CT molecular complexity index is 1020. The third kappa shape index (κ3) is 3.32. The van der Waals surface area contributed by atoms with Crippen molar-refractivity contribution in [1.29, 1.82) is 0 Å². The maximum absolute atomic E-state index is 12.0. The maximum Gasteiger partial charge on any atom is 0.417 e. The summed E-state index contributed by atoms with van der Waals surface area (Å²) in [6.07, 6.45) is 0. The molecule has 0 aliphatic rings. The maximum atomic E-state index is 12.0. The molecule has 2 aromatic carbocycles. The molecule has 0 saturated carbocycles. The van der Waals surface area contributed by atoms with Crippen molar-refractivity contribution in [3.05, 3.63) is 69.1 Å². The van der Waals surface area contributed by atoms with Crippen LogP contribution < -0.4 is 16.3 Å². The van der Waals surface area contributed by atoms with Crippen molar-refractivity contribution in [3.8, 4) is 0 Å². The molecule has 0 aliphatic heterocycles. The number of benzene rings is 2. The Hall–Kier alpha value is -3.68. The second-order valence-corrected chi connectivity index (χ2v) is 5.25. The summed E-state index contributed by atoms with van der Waals surface area (Å²) in [5.41, 5.74) is -0.275. The van der Waals surface area contributed by atoms with Crippen LogP contribution in [-0.2, 0) is 4.79 Å². The summed E-state index contributed by atoms with van der Waals surface area (Å²) in [7, 11) is 0. The first kappa shape index (κ1) is 16.2. The van der Waals surface area contributed by atoms with Crippen molar-refractivity contribution in [1.82, 2.24) is 0 Å². The van der Waals surface area contributed by atoms with Gasteiger partial charge in [-0.3, -0.25) is 14.9 Å². The molecule has 1 aromatic heterocycles. The lowest BCUT2D eigenvalue weighted by Gasteiger charge is -2.10. The Morgan fingerprint density at radius 3 is 2.36 bits per heavy atom. The molecule has 0 saturated heterocycles. The van der Waals surface area contributed by atoms with Crippen LogP contribution in [0.3, 0.4) is 0 Å². The predicted octanol–water partition coefficient (Wildman–Crippen LogP) is 3.40. The minimum atomic E-state index is -1.03. The van der Waals surface area contributed by atoms with Crippen molar-refractivity contribution in [2.75, 3.05) is 10.6 Å². The Morgan fingerprint density at radius 2 is 1.72 bits per heavy atom. The summed E-state index contributed by atoms with van der Waals surface area (Å²) in [5.74, 6) is -0.206. The molecule has 2 N–H and O–H groups in total. The van der Waals surface area contributed by atoms with Crippen LogP contribution in [0.4, 0.5) is 22.7 Å². The van der Waals surface area contributed by atoms with Crippen molar-refractivity contribution in [3.63, 3.8) is 0 Å². The highest BCUT2D eigenvalue weighted by Gasteiger charge is 2.24. The largest absolute Gasteiger partial charge is 0.418 e. The molecule has 8 nitrogen and oxygen atoms in total. The quantitative estimate of drug-likeness (QED) is 0.428. The fourth-order valence-electron chi connectivity index (χ4n) is 2.42. The summed E-state index contributed by atoms with van der Waals surface area (Å²) < 4.78 is 5.01. The predicted molar refractivity (Wildman–Crippen MR) is 93.2 cm³/mol. The van der Waals surface area contributed by atoms with Gasteiger partial charge in [0.25, 0.3) is 0 Å². The molecule has 0 aliphatic carbocycles. The lowest BCUT2D eigenvalue weighted by molar-refractivity contribution is -0.386. The molecule has 0 radical (unpaired) electrons. The van der Waals surface area contributed by atoms with Gasteiger partial charge in [0.05, 0.1) is 4.92 Å². The van der Waals surface area contributed by atoms with E-state index in [4.69, 9.17) is 4.42 Å². The molecule has 1 heterocycles. The van der Waals surface area contributed by atoms with Gasteiger partial charge in [-0.05, 0) is 36.4 Å². The normalized spacial score (nSPS) is 10.4. The van der Waals surface area contributed by atoms with Gasteiger partial charge in [-0.25, -0.2) is 4.79 Å². The van der Waals surface area contributed by atoms with Crippen LogP contribution >= 0.6 is 0 Å². The monoisotopic (exact) mass is 339 g/mol. The number of hydrogen-bond acceptors (Lipinski definition) is 6. The minimum Gasteiger partial charge on any atom is -0.418 e. The van der Waals surface area contributed by atoms with E-state index in [9.17, 15) is 19.7 Å². The van der Waals surface area contributed by atoms with Gasteiger partial charge in [-0.1, -0.05) is 12.1 Å². The van der Waals surface area contributed by atoms with E-state index in [1.165, 1.54) is 6.92 Å². The van der Waals surface area contributed by atoms with E-state index in [0.29, 0.717) is 16.8 Å². The Morgan fingerprint density at radius 1 is 1.08 bits per heavy atom. The zero-order chi connectivity index (χ0) is 18.0. The van der Waals surface area contributed by atoms with E-state index in [1.807, 2.05) is 0 Å². The summed E-state index contributed by atoms with van der Waals surface area (Å²) >= 11 is 0. The SMILES string of the molecule is CC(=O)Nc1ccc(Nc2c([N+](=O)[O-])c(=O)oc3ccccc23)cc1. The minimum absolute atomic E-state index is 0.0594. The van der Waals surface area contributed by atoms with Crippen LogP contribution in [0.1, 0.15) is 6.92 Å². The van der Waals surface area contributed by atoms with Gasteiger partial charge in [0.1, 0.15) is 11.3 Å². The number of amides is 1. The highest BCUT2D eigenvalue weighted by atomic mass is 16.6. The van der Waals surface area contributed by atoms with Gasteiger partial charge >= 0.3 is 11.3 Å². The van der Waals surface area contributed by atoms with E-state index in [0.717, 1.165) is 0 Å². The Kier molecular flexibility index (Phi) is 4.17. The summed E-state index contributed by atoms with van der Waals surface area (Å²) in [6.45, 7) is 1.39. The molecule has 8 heteroatoms. The Labute approximate surface area is 141 Å². The van der Waals surface area contributed by atoms with Gasteiger partial charge in [-0.15, -0.1) is 0 Å². The average Bonchev–Trinajstić information content (AvgIpc) is 2.55. The molecule has 3 rings (SSSR count). The van der Waals surface area contributed by atoms with Crippen LogP contribution in [0.25, 0.3) is 11.0 Å². The number of carbonyl (C=O) groups is 1. The number of rotatable bonds is 4. The number of nitrogens with zero attached hydrogens (tertiary/aromatic N) is 1. The van der Waals surface area contributed by atoms with E-state index in [1.54, 1.807) is 48.5 Å². The average molecular weight is 339 g/mol. The molecule has 1 amide bonds. The first-order valence-electron chi connectivity index (χ1n) is 7.30. The van der Waals surface area contributed by atoms with Crippen LogP contribution in [0, 0.1) is 10.1 Å². The lowest BCUT2D eigenvalue weighted by atomic mass is 10.1. The van der Waals surface area contributed by atoms with E-state index >= 15 is 0 Å². The number of hydrogen-bond donors (Lipinski definition) is 2. The van der Waals surface area contributed by atoms with Crippen LogP contribution in [0.2, 0.25) is 0 Å². The van der Waals surface area contributed by atoms with Gasteiger partial charge in [0.2, 0.25) is 5.91 Å². The van der Waals surface area contributed by atoms with Gasteiger partial charge in [0, 0.05) is 23.7 Å². The number of fused-ring (bicyclic) bond motifs is 1. The fraction of sp³-hybridized carbons (Fsp3) is 0.0588. The van der Waals surface area contributed by atoms with Crippen molar-refractivity contribution in [2.24, 2.45) is 0 Å². The molecule has 0 fully saturated rings. The standard InChI is InChI=1S/C17H13N3O5/c1-10(21)18-11-6-8-12(9-7-11)19-15-13-4-2-3-5-14(13)25-17(22)16(15)20(23)24/h2-9,19H,1H3,(H,18,21). The Balaban J connectivity index is 2.08. The highest BCUT2D eigenvalue weighted by Crippen LogP contribution is 2.32. The fourth-order valence-corrected chi connectivity index (χ4v) is 2.42. The summed E-state index contributed by atoms with van der Waals surface area (Å²) in [4.78, 5) is 33.5. The van der Waals surface area contributed by atoms with Crippen LogP contribution in [0.15, 0.2) is 57.7 Å². The highest BCUT2D eigenvalue weighted by molar-refractivity contribution is 5.96. The van der Waals surface area contributed by atoms with E-state index < -0.39 is 16.2 Å². The van der Waals surface area contributed by atoms with Crippen molar-refractivity contribution >= 4 is 39.6 Å². The molecule has 0 spiro atoms. The molecular formula is C17H13N3O5. The van der Waals surface area contributed by atoms with Crippen molar-refractivity contribution in [2.45, 2.75) is 6.92 Å². The van der Waals surface area contributed by atoms with Crippen LogP contribution in [0.5, 0.6) is 0 Å². The number of anilines is 3. The lowest BCUT2D eigenvalue weighted by Crippen LogP contribution is -2.10. The van der Waals surface area contributed by atoms with Gasteiger partial charge in [-0.2, -0.15) is 0 Å². The number of nitrogens with one attached hydrogen (secondary N) is 2. The van der Waals surface area contributed by atoms with Gasteiger partial charge < -0.3 is 15.1 Å².